The van der Waals surface area contributed by atoms with E-state index in [4.69, 9.17) is 9.90 Å². The van der Waals surface area contributed by atoms with Crippen LogP contribution in [0.25, 0.3) is 0 Å². The van der Waals surface area contributed by atoms with E-state index in [2.05, 4.69) is 10.2 Å². The molecule has 31 heavy (non-hydrogen) atoms. The first-order valence-electron chi connectivity index (χ1n) is 9.74. The number of carboxylic acid groups (broad SMARTS) is 2. The lowest BCUT2D eigenvalue weighted by atomic mass is 9.75. The number of carbonyl (C=O) groups excluding carboxylic acids is 1. The first kappa shape index (κ1) is 24.4. The summed E-state index contributed by atoms with van der Waals surface area (Å²) in [6.07, 6.45) is -3.71. The molecule has 2 fully saturated rings. The normalized spacial score (nSPS) is 23.7. The SMILES string of the molecule is CN1C[C@@H]2CN(C(=O)NCc3ccccc3)CCC[C@]2(C(=O)O)C1.O=C(O)C(F)(F)F. The Kier molecular flexibility index (Phi) is 7.88. The molecule has 2 saturated heterocycles. The van der Waals surface area contributed by atoms with Gasteiger partial charge < -0.3 is 25.3 Å². The van der Waals surface area contributed by atoms with Crippen LogP contribution < -0.4 is 5.32 Å². The van der Waals surface area contributed by atoms with Gasteiger partial charge in [0.25, 0.3) is 0 Å². The molecule has 3 N–H and O–H groups in total. The van der Waals surface area contributed by atoms with Crippen LogP contribution in [0.3, 0.4) is 0 Å². The van der Waals surface area contributed by atoms with Crippen LogP contribution in [-0.2, 0) is 16.1 Å². The Morgan fingerprint density at radius 2 is 1.77 bits per heavy atom. The number of carboxylic acids is 2. The van der Waals surface area contributed by atoms with Gasteiger partial charge in [-0.15, -0.1) is 0 Å². The molecule has 2 amide bonds. The third-order valence-corrected chi connectivity index (χ3v) is 5.60. The monoisotopic (exact) mass is 445 g/mol. The Hall–Kier alpha value is -2.82. The number of carbonyl (C=O) groups is 3. The molecule has 8 nitrogen and oxygen atoms in total. The number of likely N-dealkylation sites (tertiary alicyclic amines) is 2. The van der Waals surface area contributed by atoms with Gasteiger partial charge in [0.2, 0.25) is 0 Å². The molecular weight excluding hydrogens is 419 g/mol. The fourth-order valence-electron chi connectivity index (χ4n) is 4.10. The minimum atomic E-state index is -5.08. The zero-order chi connectivity index (χ0) is 23.2. The van der Waals surface area contributed by atoms with Crippen LogP contribution in [-0.4, -0.2) is 77.4 Å². The number of amides is 2. The van der Waals surface area contributed by atoms with Crippen LogP contribution >= 0.6 is 0 Å². The number of hydrogen-bond donors (Lipinski definition) is 3. The molecule has 1 aromatic carbocycles. The van der Waals surface area contributed by atoms with Gasteiger partial charge in [-0.1, -0.05) is 30.3 Å². The lowest BCUT2D eigenvalue weighted by Crippen LogP contribution is -2.45. The number of fused-ring (bicyclic) bond motifs is 1. The van der Waals surface area contributed by atoms with E-state index in [9.17, 15) is 27.9 Å². The van der Waals surface area contributed by atoms with Gasteiger partial charge in [0.1, 0.15) is 0 Å². The van der Waals surface area contributed by atoms with Gasteiger partial charge in [0, 0.05) is 38.6 Å². The summed E-state index contributed by atoms with van der Waals surface area (Å²) in [7, 11) is 1.96. The molecular formula is C20H26F3N3O5. The summed E-state index contributed by atoms with van der Waals surface area (Å²) in [5.74, 6) is -3.49. The standard InChI is InChI=1S/C18H25N3O3.C2HF3O2/c1-20-11-15-12-21(9-5-8-18(15,13-20)16(22)23)17(24)19-10-14-6-3-2-4-7-14;3-2(4,5)1(6)7/h2-4,6-7,15H,5,8-13H2,1H3,(H,19,24)(H,22,23);(H,6,7)/t15-,18+;/m1./s1. The maximum Gasteiger partial charge on any atom is 0.490 e. The zero-order valence-electron chi connectivity index (χ0n) is 17.1. The summed E-state index contributed by atoms with van der Waals surface area (Å²) in [6, 6.07) is 9.69. The summed E-state index contributed by atoms with van der Waals surface area (Å²) in [5.41, 5.74) is 0.351. The fourth-order valence-corrected chi connectivity index (χ4v) is 4.10. The number of urea groups is 1. The van der Waals surface area contributed by atoms with E-state index in [1.807, 2.05) is 37.4 Å². The van der Waals surface area contributed by atoms with Gasteiger partial charge in [-0.3, -0.25) is 4.79 Å². The quantitative estimate of drug-likeness (QED) is 0.659. The average molecular weight is 445 g/mol. The Bertz CT molecular complexity index is 790. The second kappa shape index (κ2) is 9.99. The van der Waals surface area contributed by atoms with Gasteiger partial charge in [-0.2, -0.15) is 13.2 Å². The van der Waals surface area contributed by atoms with Crippen LogP contribution in [0.4, 0.5) is 18.0 Å². The molecule has 2 atom stereocenters. The van der Waals surface area contributed by atoms with Gasteiger partial charge >= 0.3 is 24.1 Å². The molecule has 0 radical (unpaired) electrons. The summed E-state index contributed by atoms with van der Waals surface area (Å²) >= 11 is 0. The van der Waals surface area contributed by atoms with Crippen molar-refractivity contribution in [2.75, 3.05) is 33.2 Å². The largest absolute Gasteiger partial charge is 0.490 e. The Labute approximate surface area is 177 Å². The Balaban J connectivity index is 0.000000423. The van der Waals surface area contributed by atoms with Crippen molar-refractivity contribution >= 4 is 18.0 Å². The maximum absolute atomic E-state index is 12.5. The summed E-state index contributed by atoms with van der Waals surface area (Å²) in [5, 5.41) is 19.9. The van der Waals surface area contributed by atoms with E-state index in [0.29, 0.717) is 32.6 Å². The number of halogens is 3. The predicted molar refractivity (Wildman–Crippen MR) is 104 cm³/mol. The van der Waals surface area contributed by atoms with E-state index in [1.54, 1.807) is 4.90 Å². The molecule has 3 rings (SSSR count). The van der Waals surface area contributed by atoms with Crippen molar-refractivity contribution in [2.45, 2.75) is 25.6 Å². The van der Waals surface area contributed by atoms with Crippen LogP contribution in [0, 0.1) is 11.3 Å². The highest BCUT2D eigenvalue weighted by Gasteiger charge is 2.52. The molecule has 172 valence electrons. The second-order valence-corrected chi connectivity index (χ2v) is 7.85. The molecule has 0 unspecified atom stereocenters. The molecule has 1 aromatic rings. The molecule has 0 aliphatic carbocycles. The Morgan fingerprint density at radius 3 is 2.32 bits per heavy atom. The summed E-state index contributed by atoms with van der Waals surface area (Å²) < 4.78 is 31.7. The number of benzene rings is 1. The van der Waals surface area contributed by atoms with Crippen molar-refractivity contribution in [3.63, 3.8) is 0 Å². The van der Waals surface area contributed by atoms with Crippen molar-refractivity contribution in [3.8, 4) is 0 Å². The van der Waals surface area contributed by atoms with Crippen LogP contribution in [0.1, 0.15) is 18.4 Å². The minimum absolute atomic E-state index is 0.00928. The van der Waals surface area contributed by atoms with Gasteiger partial charge in [-0.05, 0) is 25.5 Å². The van der Waals surface area contributed by atoms with Crippen LogP contribution in [0.2, 0.25) is 0 Å². The molecule has 0 saturated carbocycles. The van der Waals surface area contributed by atoms with Crippen LogP contribution in [0.15, 0.2) is 30.3 Å². The Morgan fingerprint density at radius 1 is 1.16 bits per heavy atom. The molecule has 11 heteroatoms. The lowest BCUT2D eigenvalue weighted by molar-refractivity contribution is -0.192. The van der Waals surface area contributed by atoms with Gasteiger partial charge in [-0.25, -0.2) is 9.59 Å². The number of rotatable bonds is 3. The third kappa shape index (κ3) is 6.33. The highest BCUT2D eigenvalue weighted by atomic mass is 19.4. The minimum Gasteiger partial charge on any atom is -0.481 e. The van der Waals surface area contributed by atoms with Crippen molar-refractivity contribution in [1.82, 2.24) is 15.1 Å². The molecule has 0 aromatic heterocycles. The number of hydrogen-bond acceptors (Lipinski definition) is 4. The molecule has 2 aliphatic heterocycles. The number of nitrogens with one attached hydrogen (secondary N) is 1. The molecule has 0 spiro atoms. The molecule has 0 bridgehead atoms. The van der Waals surface area contributed by atoms with Gasteiger partial charge in [0.05, 0.1) is 5.41 Å². The molecule has 2 heterocycles. The first-order chi connectivity index (χ1) is 14.5. The average Bonchev–Trinajstić information content (AvgIpc) is 2.91. The topological polar surface area (TPSA) is 110 Å². The predicted octanol–water partition coefficient (Wildman–Crippen LogP) is 2.26. The molecule has 2 aliphatic rings. The van der Waals surface area contributed by atoms with Crippen LogP contribution in [0.5, 0.6) is 0 Å². The van der Waals surface area contributed by atoms with E-state index in [-0.39, 0.29) is 11.9 Å². The van der Waals surface area contributed by atoms with E-state index in [1.165, 1.54) is 0 Å². The maximum atomic E-state index is 12.5. The van der Waals surface area contributed by atoms with Crippen molar-refractivity contribution < 1.29 is 37.8 Å². The lowest BCUT2D eigenvalue weighted by Gasteiger charge is -2.29. The van der Waals surface area contributed by atoms with Crippen molar-refractivity contribution in [1.29, 1.82) is 0 Å². The number of nitrogens with zero attached hydrogens (tertiary/aromatic N) is 2. The summed E-state index contributed by atoms with van der Waals surface area (Å²) in [6.45, 7) is 2.93. The highest BCUT2D eigenvalue weighted by molar-refractivity contribution is 5.77. The van der Waals surface area contributed by atoms with Crippen molar-refractivity contribution in [2.24, 2.45) is 11.3 Å². The highest BCUT2D eigenvalue weighted by Crippen LogP contribution is 2.42. The van der Waals surface area contributed by atoms with E-state index >= 15 is 0 Å². The number of alkyl halides is 3. The third-order valence-electron chi connectivity index (χ3n) is 5.60. The van der Waals surface area contributed by atoms with E-state index < -0.39 is 23.5 Å². The first-order valence-corrected chi connectivity index (χ1v) is 9.74. The van der Waals surface area contributed by atoms with E-state index in [0.717, 1.165) is 18.5 Å². The number of aliphatic carboxylic acids is 2. The second-order valence-electron chi connectivity index (χ2n) is 7.85. The zero-order valence-corrected chi connectivity index (χ0v) is 17.1. The summed E-state index contributed by atoms with van der Waals surface area (Å²) in [4.78, 5) is 37.2. The van der Waals surface area contributed by atoms with Crippen molar-refractivity contribution in [3.05, 3.63) is 35.9 Å². The van der Waals surface area contributed by atoms with Gasteiger partial charge in [0.15, 0.2) is 0 Å². The fraction of sp³-hybridized carbons (Fsp3) is 0.550. The smallest absolute Gasteiger partial charge is 0.481 e.